The minimum atomic E-state index is -0.420. The molecule has 1 fully saturated rings. The smallest absolute Gasteiger partial charge is 0.252 e. The van der Waals surface area contributed by atoms with Crippen LogP contribution in [-0.2, 0) is 30.5 Å². The Kier molecular flexibility index (Phi) is 6.04. The van der Waals surface area contributed by atoms with Crippen LogP contribution in [0.4, 0.5) is 0 Å². The molecule has 0 spiro atoms. The average Bonchev–Trinajstić information content (AvgIpc) is 3.25. The molecule has 3 aromatic heterocycles. The SMILES string of the molecule is Cc1ccc2c(C3(NC(=O)c4ccc(COCc5cocn5)cc4C)CC3)cc(-c3cnn(C)c3)cc2n1. The van der Waals surface area contributed by atoms with E-state index in [1.54, 1.807) is 10.9 Å². The lowest BCUT2D eigenvalue weighted by Gasteiger charge is -2.22. The summed E-state index contributed by atoms with van der Waals surface area (Å²) in [7, 11) is 1.91. The van der Waals surface area contributed by atoms with Crippen LogP contribution in [0.1, 0.15) is 51.3 Å². The molecule has 0 unspecified atom stereocenters. The third kappa shape index (κ3) is 4.70. The zero-order valence-electron chi connectivity index (χ0n) is 21.7. The van der Waals surface area contributed by atoms with Crippen molar-refractivity contribution in [3.63, 3.8) is 0 Å². The third-order valence-electron chi connectivity index (χ3n) is 7.14. The number of pyridine rings is 1. The lowest BCUT2D eigenvalue weighted by atomic mass is 9.94. The van der Waals surface area contributed by atoms with Gasteiger partial charge in [0.1, 0.15) is 12.0 Å². The molecule has 0 aliphatic heterocycles. The van der Waals surface area contributed by atoms with Crippen molar-refractivity contribution in [2.45, 2.75) is 45.4 Å². The third-order valence-corrected chi connectivity index (χ3v) is 7.14. The molecule has 1 aliphatic rings. The van der Waals surface area contributed by atoms with Gasteiger partial charge in [-0.15, -0.1) is 0 Å². The monoisotopic (exact) mass is 507 g/mol. The molecule has 8 heteroatoms. The average molecular weight is 508 g/mol. The molecule has 3 heterocycles. The van der Waals surface area contributed by atoms with E-state index in [2.05, 4.69) is 33.6 Å². The maximum absolute atomic E-state index is 13.5. The Morgan fingerprint density at radius 2 is 1.97 bits per heavy atom. The van der Waals surface area contributed by atoms with Crippen LogP contribution in [0.2, 0.25) is 0 Å². The van der Waals surface area contributed by atoms with E-state index in [1.807, 2.05) is 57.6 Å². The highest BCUT2D eigenvalue weighted by Crippen LogP contribution is 2.49. The van der Waals surface area contributed by atoms with Gasteiger partial charge in [-0.05, 0) is 73.2 Å². The van der Waals surface area contributed by atoms with Crippen molar-refractivity contribution in [2.75, 3.05) is 0 Å². The van der Waals surface area contributed by atoms with Crippen LogP contribution < -0.4 is 5.32 Å². The summed E-state index contributed by atoms with van der Waals surface area (Å²) in [5.74, 6) is -0.0740. The van der Waals surface area contributed by atoms with Crippen LogP contribution >= 0.6 is 0 Å². The number of nitrogens with zero attached hydrogens (tertiary/aromatic N) is 4. The van der Waals surface area contributed by atoms with Gasteiger partial charge in [0.15, 0.2) is 6.39 Å². The fourth-order valence-electron chi connectivity index (χ4n) is 4.99. The molecule has 1 amide bonds. The minimum Gasteiger partial charge on any atom is -0.451 e. The van der Waals surface area contributed by atoms with Crippen LogP contribution in [0.25, 0.3) is 22.0 Å². The number of nitrogens with one attached hydrogen (secondary N) is 1. The second-order valence-electron chi connectivity index (χ2n) is 10.1. The second-order valence-corrected chi connectivity index (χ2v) is 10.1. The van der Waals surface area contributed by atoms with Gasteiger partial charge in [-0.3, -0.25) is 14.5 Å². The van der Waals surface area contributed by atoms with Gasteiger partial charge in [0.25, 0.3) is 5.91 Å². The van der Waals surface area contributed by atoms with Crippen LogP contribution in [0, 0.1) is 13.8 Å². The summed E-state index contributed by atoms with van der Waals surface area (Å²) in [6.45, 7) is 4.76. The first-order valence-electron chi connectivity index (χ1n) is 12.7. The zero-order valence-corrected chi connectivity index (χ0v) is 21.7. The molecule has 8 nitrogen and oxygen atoms in total. The fourth-order valence-corrected chi connectivity index (χ4v) is 4.99. The molecule has 1 aliphatic carbocycles. The molecule has 38 heavy (non-hydrogen) atoms. The van der Waals surface area contributed by atoms with E-state index in [1.165, 1.54) is 6.39 Å². The number of aryl methyl sites for hydroxylation is 3. The van der Waals surface area contributed by atoms with E-state index >= 15 is 0 Å². The number of fused-ring (bicyclic) bond motifs is 1. The van der Waals surface area contributed by atoms with Crippen LogP contribution in [-0.4, -0.2) is 25.7 Å². The maximum atomic E-state index is 13.5. The highest BCUT2D eigenvalue weighted by atomic mass is 16.5. The van der Waals surface area contributed by atoms with Gasteiger partial charge in [-0.2, -0.15) is 5.10 Å². The van der Waals surface area contributed by atoms with Gasteiger partial charge in [-0.1, -0.05) is 18.2 Å². The molecule has 1 N–H and O–H groups in total. The quantitative estimate of drug-likeness (QED) is 0.303. The summed E-state index contributed by atoms with van der Waals surface area (Å²) in [5, 5.41) is 8.79. The van der Waals surface area contributed by atoms with Crippen molar-refractivity contribution in [1.29, 1.82) is 0 Å². The normalized spacial score (nSPS) is 14.1. The van der Waals surface area contributed by atoms with Crippen molar-refractivity contribution in [2.24, 2.45) is 7.05 Å². The van der Waals surface area contributed by atoms with Crippen LogP contribution in [0.15, 0.2) is 71.9 Å². The Morgan fingerprint density at radius 1 is 1.11 bits per heavy atom. The molecule has 0 bridgehead atoms. The van der Waals surface area contributed by atoms with E-state index in [9.17, 15) is 4.79 Å². The standard InChI is InChI=1S/C30H29N5O3/c1-19-10-21(15-37-16-24-17-38-18-31-24)5-7-25(19)29(36)34-30(8-9-30)27-11-22(23-13-32-35(3)14-23)12-28-26(27)6-4-20(2)33-28/h4-7,10-14,17-18H,8-9,15-16H2,1-3H3,(H,34,36). The van der Waals surface area contributed by atoms with E-state index < -0.39 is 5.54 Å². The number of carbonyl (C=O) groups excluding carboxylic acids is 1. The Labute approximate surface area is 220 Å². The predicted octanol–water partition coefficient (Wildman–Crippen LogP) is 5.38. The van der Waals surface area contributed by atoms with Crippen LogP contribution in [0.3, 0.4) is 0 Å². The molecule has 1 saturated carbocycles. The molecule has 2 aromatic carbocycles. The number of rotatable bonds is 8. The lowest BCUT2D eigenvalue weighted by Crippen LogP contribution is -2.35. The number of carbonyl (C=O) groups is 1. The molecule has 0 saturated heterocycles. The van der Waals surface area contributed by atoms with Gasteiger partial charge < -0.3 is 14.5 Å². The second kappa shape index (κ2) is 9.54. The fraction of sp³-hybridized carbons (Fsp3) is 0.267. The first-order chi connectivity index (χ1) is 18.4. The Bertz CT molecular complexity index is 1630. The summed E-state index contributed by atoms with van der Waals surface area (Å²) >= 11 is 0. The number of ether oxygens (including phenoxy) is 1. The van der Waals surface area contributed by atoms with Gasteiger partial charge in [-0.25, -0.2) is 4.98 Å². The zero-order chi connectivity index (χ0) is 26.3. The van der Waals surface area contributed by atoms with Crippen molar-refractivity contribution in [1.82, 2.24) is 25.1 Å². The van der Waals surface area contributed by atoms with Crippen molar-refractivity contribution in [3.05, 3.63) is 101 Å². The molecule has 0 atom stereocenters. The molecule has 0 radical (unpaired) electrons. The van der Waals surface area contributed by atoms with Gasteiger partial charge in [0, 0.05) is 35.5 Å². The summed E-state index contributed by atoms with van der Waals surface area (Å²) in [6, 6.07) is 14.3. The Morgan fingerprint density at radius 3 is 2.68 bits per heavy atom. The summed E-state index contributed by atoms with van der Waals surface area (Å²) < 4.78 is 12.5. The lowest BCUT2D eigenvalue weighted by molar-refractivity contribution is 0.0929. The summed E-state index contributed by atoms with van der Waals surface area (Å²) in [4.78, 5) is 22.4. The number of hydrogen-bond donors (Lipinski definition) is 1. The predicted molar refractivity (Wildman–Crippen MR) is 143 cm³/mol. The van der Waals surface area contributed by atoms with Crippen molar-refractivity contribution >= 4 is 16.8 Å². The molecule has 6 rings (SSSR count). The number of aromatic nitrogens is 4. The molecule has 5 aromatic rings. The number of amides is 1. The van der Waals surface area contributed by atoms with Crippen LogP contribution in [0.5, 0.6) is 0 Å². The van der Waals surface area contributed by atoms with Gasteiger partial charge >= 0.3 is 0 Å². The highest BCUT2D eigenvalue weighted by molar-refractivity contribution is 5.97. The van der Waals surface area contributed by atoms with E-state index in [4.69, 9.17) is 14.1 Å². The number of oxazole rings is 1. The maximum Gasteiger partial charge on any atom is 0.252 e. The van der Waals surface area contributed by atoms with Crippen molar-refractivity contribution in [3.8, 4) is 11.1 Å². The van der Waals surface area contributed by atoms with E-state index in [-0.39, 0.29) is 5.91 Å². The number of hydrogen-bond acceptors (Lipinski definition) is 6. The van der Waals surface area contributed by atoms with Gasteiger partial charge in [0.05, 0.1) is 30.5 Å². The minimum absolute atomic E-state index is 0.0740. The number of benzene rings is 2. The molecular weight excluding hydrogens is 478 g/mol. The molecular formula is C30H29N5O3. The van der Waals surface area contributed by atoms with Gasteiger partial charge in [0.2, 0.25) is 0 Å². The Balaban J connectivity index is 1.26. The summed E-state index contributed by atoms with van der Waals surface area (Å²) in [5.41, 5.74) is 7.96. The Hall–Kier alpha value is -4.30. The topological polar surface area (TPSA) is 95.1 Å². The van der Waals surface area contributed by atoms with E-state index in [0.29, 0.717) is 18.8 Å². The van der Waals surface area contributed by atoms with E-state index in [0.717, 1.165) is 62.9 Å². The first-order valence-corrected chi connectivity index (χ1v) is 12.7. The molecule has 192 valence electrons. The largest absolute Gasteiger partial charge is 0.451 e. The van der Waals surface area contributed by atoms with Crippen molar-refractivity contribution < 1.29 is 13.9 Å². The summed E-state index contributed by atoms with van der Waals surface area (Å²) in [6.07, 6.45) is 8.58. The highest BCUT2D eigenvalue weighted by Gasteiger charge is 2.47. The first kappa shape index (κ1) is 24.1.